The molecule has 0 amide bonds. The molecule has 31 heavy (non-hydrogen) atoms. The minimum atomic E-state index is -0.315. The Hall–Kier alpha value is -3.81. The molecule has 0 atom stereocenters. The third-order valence-electron chi connectivity index (χ3n) is 4.46. The normalized spacial score (nSPS) is 11.0. The summed E-state index contributed by atoms with van der Waals surface area (Å²) in [6.07, 6.45) is 1.66. The van der Waals surface area contributed by atoms with Gasteiger partial charge in [0.2, 0.25) is 5.88 Å². The summed E-state index contributed by atoms with van der Waals surface area (Å²) in [7, 11) is 4.95. The predicted octanol–water partition coefficient (Wildman–Crippen LogP) is 3.90. The van der Waals surface area contributed by atoms with Crippen molar-refractivity contribution in [3.8, 4) is 23.1 Å². The molecule has 3 rings (SSSR count). The van der Waals surface area contributed by atoms with E-state index < -0.39 is 0 Å². The lowest BCUT2D eigenvalue weighted by molar-refractivity contribution is 0.390. The van der Waals surface area contributed by atoms with Crippen LogP contribution < -0.4 is 24.8 Å². The first-order valence-corrected chi connectivity index (χ1v) is 9.65. The van der Waals surface area contributed by atoms with Crippen LogP contribution in [0.3, 0.4) is 0 Å². The molecule has 0 aliphatic heterocycles. The number of aromatic nitrogens is 1. The highest BCUT2D eigenvalue weighted by Gasteiger charge is 2.07. The Morgan fingerprint density at radius 3 is 2.39 bits per heavy atom. The molecule has 0 aliphatic rings. The number of halogens is 1. The Morgan fingerprint density at radius 2 is 1.68 bits per heavy atom. The van der Waals surface area contributed by atoms with Crippen LogP contribution >= 0.6 is 0 Å². The van der Waals surface area contributed by atoms with Gasteiger partial charge in [0.1, 0.15) is 23.1 Å². The van der Waals surface area contributed by atoms with Gasteiger partial charge in [-0.3, -0.25) is 4.99 Å². The summed E-state index contributed by atoms with van der Waals surface area (Å²) in [5, 5.41) is 6.52. The van der Waals surface area contributed by atoms with E-state index in [1.807, 2.05) is 30.3 Å². The van der Waals surface area contributed by atoms with Gasteiger partial charge in [-0.2, -0.15) is 0 Å². The van der Waals surface area contributed by atoms with E-state index in [2.05, 4.69) is 20.6 Å². The molecule has 0 radical (unpaired) electrons. The van der Waals surface area contributed by atoms with Crippen LogP contribution in [0.5, 0.6) is 23.1 Å². The second-order valence-corrected chi connectivity index (χ2v) is 6.52. The van der Waals surface area contributed by atoms with Gasteiger partial charge >= 0.3 is 0 Å². The quantitative estimate of drug-likeness (QED) is 0.422. The molecule has 0 spiro atoms. The largest absolute Gasteiger partial charge is 0.497 e. The van der Waals surface area contributed by atoms with E-state index in [1.165, 1.54) is 12.1 Å². The summed E-state index contributed by atoms with van der Waals surface area (Å²) in [5.41, 5.74) is 1.93. The van der Waals surface area contributed by atoms with Gasteiger partial charge in [-0.05, 0) is 48.0 Å². The first-order valence-electron chi connectivity index (χ1n) is 9.65. The van der Waals surface area contributed by atoms with Crippen LogP contribution in [0.2, 0.25) is 0 Å². The van der Waals surface area contributed by atoms with E-state index >= 15 is 0 Å². The first-order chi connectivity index (χ1) is 15.1. The number of benzene rings is 2. The zero-order valence-corrected chi connectivity index (χ0v) is 17.7. The topological polar surface area (TPSA) is 77.0 Å². The predicted molar refractivity (Wildman–Crippen MR) is 117 cm³/mol. The molecule has 2 N–H and O–H groups in total. The van der Waals surface area contributed by atoms with Gasteiger partial charge in [0, 0.05) is 44.0 Å². The lowest BCUT2D eigenvalue weighted by Crippen LogP contribution is -2.36. The number of rotatable bonds is 8. The lowest BCUT2D eigenvalue weighted by Gasteiger charge is -2.15. The molecule has 2 aromatic carbocycles. The third-order valence-corrected chi connectivity index (χ3v) is 4.46. The third kappa shape index (κ3) is 6.33. The van der Waals surface area contributed by atoms with E-state index in [-0.39, 0.29) is 5.82 Å². The van der Waals surface area contributed by atoms with E-state index in [0.29, 0.717) is 30.7 Å². The number of nitrogens with zero attached hydrogens (tertiary/aromatic N) is 2. The molecule has 0 bridgehead atoms. The van der Waals surface area contributed by atoms with Gasteiger partial charge < -0.3 is 24.8 Å². The molecular weight excluding hydrogens is 399 g/mol. The SMILES string of the molecule is CN=C(NCc1ccnc(Oc2ccc(F)cc2)c1)NCc1ccc(OC)cc1OC. The molecule has 7 nitrogen and oxygen atoms in total. The minimum Gasteiger partial charge on any atom is -0.497 e. The number of hydrogen-bond acceptors (Lipinski definition) is 5. The molecule has 0 unspecified atom stereocenters. The zero-order valence-electron chi connectivity index (χ0n) is 17.7. The fraction of sp³-hybridized carbons (Fsp3) is 0.217. The van der Waals surface area contributed by atoms with Crippen LogP contribution in [-0.2, 0) is 13.1 Å². The van der Waals surface area contributed by atoms with Crippen LogP contribution in [0.15, 0.2) is 65.8 Å². The van der Waals surface area contributed by atoms with Crippen LogP contribution in [0.1, 0.15) is 11.1 Å². The highest BCUT2D eigenvalue weighted by atomic mass is 19.1. The fourth-order valence-corrected chi connectivity index (χ4v) is 2.82. The minimum absolute atomic E-state index is 0.315. The molecule has 8 heteroatoms. The van der Waals surface area contributed by atoms with Gasteiger partial charge in [-0.15, -0.1) is 0 Å². The van der Waals surface area contributed by atoms with Crippen molar-refractivity contribution in [2.45, 2.75) is 13.1 Å². The Morgan fingerprint density at radius 1 is 0.935 bits per heavy atom. The van der Waals surface area contributed by atoms with Gasteiger partial charge in [0.05, 0.1) is 14.2 Å². The van der Waals surface area contributed by atoms with Crippen LogP contribution in [0, 0.1) is 5.82 Å². The molecule has 0 aliphatic carbocycles. The monoisotopic (exact) mass is 424 g/mol. The summed E-state index contributed by atoms with van der Waals surface area (Å²) >= 11 is 0. The zero-order chi connectivity index (χ0) is 22.1. The standard InChI is InChI=1S/C23H25FN4O3/c1-25-23(28-15-17-4-7-20(29-2)13-21(17)30-3)27-14-16-10-11-26-22(12-16)31-19-8-5-18(24)6-9-19/h4-13H,14-15H2,1-3H3,(H2,25,27,28). The van der Waals surface area contributed by atoms with E-state index in [4.69, 9.17) is 14.2 Å². The van der Waals surface area contributed by atoms with Crippen molar-refractivity contribution in [1.29, 1.82) is 0 Å². The number of ether oxygens (including phenoxy) is 3. The average Bonchev–Trinajstić information content (AvgIpc) is 2.81. The van der Waals surface area contributed by atoms with Crippen molar-refractivity contribution < 1.29 is 18.6 Å². The number of nitrogens with one attached hydrogen (secondary N) is 2. The molecule has 0 saturated heterocycles. The van der Waals surface area contributed by atoms with Gasteiger partial charge in [0.15, 0.2) is 5.96 Å². The van der Waals surface area contributed by atoms with E-state index in [0.717, 1.165) is 22.6 Å². The molecule has 0 fully saturated rings. The molecule has 3 aromatic rings. The highest BCUT2D eigenvalue weighted by molar-refractivity contribution is 5.79. The maximum atomic E-state index is 13.0. The molecule has 0 saturated carbocycles. The number of methoxy groups -OCH3 is 2. The number of hydrogen-bond donors (Lipinski definition) is 2. The van der Waals surface area contributed by atoms with Gasteiger partial charge in [-0.25, -0.2) is 9.37 Å². The number of aliphatic imine (C=N–C) groups is 1. The first kappa shape index (κ1) is 21.9. The maximum absolute atomic E-state index is 13.0. The molecular formula is C23H25FN4O3. The van der Waals surface area contributed by atoms with E-state index in [1.54, 1.807) is 39.6 Å². The van der Waals surface area contributed by atoms with Gasteiger partial charge in [0.25, 0.3) is 0 Å². The van der Waals surface area contributed by atoms with Crippen molar-refractivity contribution in [2.75, 3.05) is 21.3 Å². The molecule has 162 valence electrons. The van der Waals surface area contributed by atoms with Crippen LogP contribution in [-0.4, -0.2) is 32.2 Å². The Kier molecular flexibility index (Phi) is 7.64. The summed E-state index contributed by atoms with van der Waals surface area (Å²) in [6, 6.07) is 15.2. The van der Waals surface area contributed by atoms with Crippen molar-refractivity contribution >= 4 is 5.96 Å². The second kappa shape index (κ2) is 10.8. The second-order valence-electron chi connectivity index (χ2n) is 6.52. The smallest absolute Gasteiger partial charge is 0.219 e. The number of guanidine groups is 1. The average molecular weight is 424 g/mol. The molecule has 1 aromatic heterocycles. The summed E-state index contributed by atoms with van der Waals surface area (Å²) < 4.78 is 29.4. The summed E-state index contributed by atoms with van der Waals surface area (Å²) in [6.45, 7) is 1.05. The van der Waals surface area contributed by atoms with Crippen molar-refractivity contribution in [3.05, 3.63) is 77.7 Å². The highest BCUT2D eigenvalue weighted by Crippen LogP contribution is 2.24. The van der Waals surface area contributed by atoms with Crippen molar-refractivity contribution in [1.82, 2.24) is 15.6 Å². The number of pyridine rings is 1. The lowest BCUT2D eigenvalue weighted by atomic mass is 10.2. The summed E-state index contributed by atoms with van der Waals surface area (Å²) in [5.74, 6) is 2.74. The van der Waals surface area contributed by atoms with Gasteiger partial charge in [-0.1, -0.05) is 0 Å². The fourth-order valence-electron chi connectivity index (χ4n) is 2.82. The molecule has 1 heterocycles. The Balaban J connectivity index is 1.56. The summed E-state index contributed by atoms with van der Waals surface area (Å²) in [4.78, 5) is 8.45. The van der Waals surface area contributed by atoms with Crippen molar-refractivity contribution in [3.63, 3.8) is 0 Å². The maximum Gasteiger partial charge on any atom is 0.219 e. The van der Waals surface area contributed by atoms with E-state index in [9.17, 15) is 4.39 Å². The van der Waals surface area contributed by atoms with Crippen molar-refractivity contribution in [2.24, 2.45) is 4.99 Å². The van der Waals surface area contributed by atoms with Crippen LogP contribution in [0.25, 0.3) is 0 Å². The Bertz CT molecular complexity index is 1030. The Labute approximate surface area is 180 Å². The van der Waals surface area contributed by atoms with Crippen LogP contribution in [0.4, 0.5) is 4.39 Å².